The third kappa shape index (κ3) is 6.94. The third-order valence-electron chi connectivity index (χ3n) is 3.89. The second-order valence-electron chi connectivity index (χ2n) is 5.73. The monoisotopic (exact) mass is 281 g/mol. The van der Waals surface area contributed by atoms with Crippen molar-refractivity contribution in [3.05, 3.63) is 11.8 Å². The Morgan fingerprint density at radius 3 is 2.10 bits per heavy atom. The molecule has 0 saturated heterocycles. The van der Waals surface area contributed by atoms with Crippen molar-refractivity contribution in [3.8, 4) is 0 Å². The molecule has 1 atom stereocenters. The Hall–Kier alpha value is -1.03. The van der Waals surface area contributed by atoms with Crippen molar-refractivity contribution in [2.24, 2.45) is 0 Å². The predicted octanol–water partition coefficient (Wildman–Crippen LogP) is 4.34. The molecule has 4 heteroatoms. The molecule has 0 amide bonds. The molecule has 20 heavy (non-hydrogen) atoms. The summed E-state index contributed by atoms with van der Waals surface area (Å²) < 4.78 is 0. The van der Waals surface area contributed by atoms with Gasteiger partial charge in [-0.25, -0.2) is 0 Å². The van der Waals surface area contributed by atoms with Crippen LogP contribution in [0.2, 0.25) is 0 Å². The number of rotatable bonds is 12. The number of aromatic amines is 1. The minimum atomic E-state index is -0.470. The lowest BCUT2D eigenvalue weighted by molar-refractivity contribution is 0.164. The molecule has 0 aliphatic heterocycles. The van der Waals surface area contributed by atoms with E-state index in [2.05, 4.69) is 17.1 Å². The van der Waals surface area contributed by atoms with Crippen LogP contribution < -0.4 is 5.73 Å². The average molecular weight is 281 g/mol. The van der Waals surface area contributed by atoms with E-state index >= 15 is 0 Å². The fraction of sp³-hybridized carbons (Fsp3) is 0.812. The number of hydrogen-bond acceptors (Lipinski definition) is 3. The van der Waals surface area contributed by atoms with Gasteiger partial charge in [0.1, 0.15) is 5.82 Å². The molecule has 0 spiro atoms. The number of aromatic nitrogens is 2. The van der Waals surface area contributed by atoms with Crippen molar-refractivity contribution in [2.75, 3.05) is 5.73 Å². The summed E-state index contributed by atoms with van der Waals surface area (Å²) in [4.78, 5) is 0. The van der Waals surface area contributed by atoms with Gasteiger partial charge < -0.3 is 10.8 Å². The van der Waals surface area contributed by atoms with Crippen molar-refractivity contribution >= 4 is 5.82 Å². The van der Waals surface area contributed by atoms with E-state index in [4.69, 9.17) is 5.73 Å². The molecule has 4 nitrogen and oxygen atoms in total. The molecule has 1 heterocycles. The summed E-state index contributed by atoms with van der Waals surface area (Å²) in [5.74, 6) is 0.490. The summed E-state index contributed by atoms with van der Waals surface area (Å²) in [5, 5.41) is 16.5. The van der Waals surface area contributed by atoms with E-state index in [1.165, 1.54) is 57.8 Å². The maximum Gasteiger partial charge on any atom is 0.124 e. The number of anilines is 1. The van der Waals surface area contributed by atoms with Gasteiger partial charge in [-0.1, -0.05) is 71.1 Å². The van der Waals surface area contributed by atoms with Crippen molar-refractivity contribution in [2.45, 2.75) is 83.7 Å². The molecular formula is C16H31N3O. The van der Waals surface area contributed by atoms with Gasteiger partial charge in [-0.2, -0.15) is 5.10 Å². The van der Waals surface area contributed by atoms with Crippen LogP contribution in [0.3, 0.4) is 0 Å². The van der Waals surface area contributed by atoms with Crippen molar-refractivity contribution in [1.29, 1.82) is 0 Å². The van der Waals surface area contributed by atoms with Crippen LogP contribution in [-0.4, -0.2) is 15.3 Å². The molecule has 1 unspecified atom stereocenters. The van der Waals surface area contributed by atoms with Crippen molar-refractivity contribution in [3.63, 3.8) is 0 Å². The molecule has 0 fully saturated rings. The van der Waals surface area contributed by atoms with E-state index in [0.29, 0.717) is 5.82 Å². The van der Waals surface area contributed by atoms with Crippen LogP contribution in [0.1, 0.15) is 89.2 Å². The van der Waals surface area contributed by atoms with Crippen LogP contribution in [0.4, 0.5) is 5.82 Å². The molecule has 0 bridgehead atoms. The Morgan fingerprint density at radius 2 is 1.60 bits per heavy atom. The summed E-state index contributed by atoms with van der Waals surface area (Å²) in [6, 6.07) is 0. The van der Waals surface area contributed by atoms with Gasteiger partial charge in [0, 0.05) is 5.56 Å². The number of nitrogens with two attached hydrogens (primary N) is 1. The average Bonchev–Trinajstić information content (AvgIpc) is 2.87. The van der Waals surface area contributed by atoms with E-state index in [1.807, 2.05) is 0 Å². The molecular weight excluding hydrogens is 250 g/mol. The number of unbranched alkanes of at least 4 members (excludes halogenated alkanes) is 9. The Morgan fingerprint density at radius 1 is 1.05 bits per heavy atom. The van der Waals surface area contributed by atoms with Crippen LogP contribution in [-0.2, 0) is 0 Å². The predicted molar refractivity (Wildman–Crippen MR) is 84.4 cm³/mol. The second-order valence-corrected chi connectivity index (χ2v) is 5.73. The zero-order valence-corrected chi connectivity index (χ0v) is 12.9. The number of nitrogen functional groups attached to an aromatic ring is 1. The summed E-state index contributed by atoms with van der Waals surface area (Å²) in [5.41, 5.74) is 6.42. The lowest BCUT2D eigenvalue weighted by atomic mass is 10.0. The van der Waals surface area contributed by atoms with Gasteiger partial charge in [0.2, 0.25) is 0 Å². The van der Waals surface area contributed by atoms with Gasteiger partial charge in [0.15, 0.2) is 0 Å². The first kappa shape index (κ1) is 17.0. The summed E-state index contributed by atoms with van der Waals surface area (Å²) in [6.07, 6.45) is 15.0. The Labute approximate surface area is 123 Å². The maximum absolute atomic E-state index is 9.97. The van der Waals surface area contributed by atoms with E-state index in [0.717, 1.165) is 18.4 Å². The minimum absolute atomic E-state index is 0.470. The second kappa shape index (κ2) is 10.7. The van der Waals surface area contributed by atoms with Gasteiger partial charge >= 0.3 is 0 Å². The highest BCUT2D eigenvalue weighted by molar-refractivity contribution is 5.38. The summed E-state index contributed by atoms with van der Waals surface area (Å²) >= 11 is 0. The molecule has 4 N–H and O–H groups in total. The maximum atomic E-state index is 9.97. The smallest absolute Gasteiger partial charge is 0.124 e. The summed E-state index contributed by atoms with van der Waals surface area (Å²) in [7, 11) is 0. The molecule has 116 valence electrons. The van der Waals surface area contributed by atoms with Crippen LogP contribution in [0.5, 0.6) is 0 Å². The number of nitrogens with zero attached hydrogens (tertiary/aromatic N) is 1. The van der Waals surface area contributed by atoms with Gasteiger partial charge in [0.05, 0.1) is 12.3 Å². The summed E-state index contributed by atoms with van der Waals surface area (Å²) in [6.45, 7) is 2.26. The third-order valence-corrected chi connectivity index (χ3v) is 3.89. The van der Waals surface area contributed by atoms with Gasteiger partial charge in [0.25, 0.3) is 0 Å². The van der Waals surface area contributed by atoms with Crippen molar-refractivity contribution < 1.29 is 5.11 Å². The van der Waals surface area contributed by atoms with E-state index in [1.54, 1.807) is 6.20 Å². The van der Waals surface area contributed by atoms with Gasteiger partial charge in [-0.15, -0.1) is 0 Å². The Bertz CT molecular complexity index is 338. The topological polar surface area (TPSA) is 74.9 Å². The van der Waals surface area contributed by atoms with Gasteiger partial charge in [-0.05, 0) is 6.42 Å². The van der Waals surface area contributed by atoms with E-state index in [9.17, 15) is 5.11 Å². The van der Waals surface area contributed by atoms with Crippen LogP contribution in [0, 0.1) is 0 Å². The highest BCUT2D eigenvalue weighted by atomic mass is 16.3. The molecule has 1 rings (SSSR count). The molecule has 0 aliphatic rings. The molecule has 0 radical (unpaired) electrons. The van der Waals surface area contributed by atoms with Gasteiger partial charge in [-0.3, -0.25) is 5.10 Å². The Balaban J connectivity index is 1.91. The Kier molecular flexibility index (Phi) is 9.13. The number of H-pyrrole nitrogens is 1. The van der Waals surface area contributed by atoms with E-state index < -0.39 is 6.10 Å². The van der Waals surface area contributed by atoms with Crippen LogP contribution >= 0.6 is 0 Å². The first-order valence-electron chi connectivity index (χ1n) is 8.22. The minimum Gasteiger partial charge on any atom is -0.388 e. The highest BCUT2D eigenvalue weighted by Gasteiger charge is 2.11. The fourth-order valence-corrected chi connectivity index (χ4v) is 2.55. The SMILES string of the molecule is CCCCCCCCCCCCC(O)c1cn[nH]c1N. The first-order valence-corrected chi connectivity index (χ1v) is 8.22. The van der Waals surface area contributed by atoms with Crippen molar-refractivity contribution in [1.82, 2.24) is 10.2 Å². The number of aliphatic hydroxyl groups excluding tert-OH is 1. The highest BCUT2D eigenvalue weighted by Crippen LogP contribution is 2.23. The quantitative estimate of drug-likeness (QED) is 0.499. The van der Waals surface area contributed by atoms with Crippen LogP contribution in [0.25, 0.3) is 0 Å². The largest absolute Gasteiger partial charge is 0.388 e. The lowest BCUT2D eigenvalue weighted by Gasteiger charge is -2.09. The number of hydrogen-bond donors (Lipinski definition) is 3. The first-order chi connectivity index (χ1) is 9.75. The van der Waals surface area contributed by atoms with Crippen LogP contribution in [0.15, 0.2) is 6.20 Å². The fourth-order valence-electron chi connectivity index (χ4n) is 2.55. The number of aliphatic hydroxyl groups is 1. The standard InChI is InChI=1S/C16H31N3O/c1-2-3-4-5-6-7-8-9-10-11-12-15(20)14-13-18-19-16(14)17/h13,15,20H,2-12H2,1H3,(H3,17,18,19). The molecule has 0 saturated carbocycles. The molecule has 0 aromatic carbocycles. The molecule has 1 aromatic heterocycles. The number of nitrogens with one attached hydrogen (secondary N) is 1. The van der Waals surface area contributed by atoms with E-state index in [-0.39, 0.29) is 0 Å². The lowest BCUT2D eigenvalue weighted by Crippen LogP contribution is -2.00. The normalized spacial score (nSPS) is 12.7. The zero-order valence-electron chi connectivity index (χ0n) is 12.9. The molecule has 0 aliphatic carbocycles. The zero-order chi connectivity index (χ0) is 14.6. The molecule has 1 aromatic rings.